The van der Waals surface area contributed by atoms with Crippen molar-refractivity contribution in [2.75, 3.05) is 33.6 Å². The van der Waals surface area contributed by atoms with E-state index in [9.17, 15) is 4.79 Å². The third-order valence-corrected chi connectivity index (χ3v) is 1.83. The minimum absolute atomic E-state index is 0.177. The highest BCUT2D eigenvalue weighted by Gasteiger charge is 1.97. The summed E-state index contributed by atoms with van der Waals surface area (Å²) in [7, 11) is 1.61. The van der Waals surface area contributed by atoms with Crippen LogP contribution in [0.1, 0.15) is 26.2 Å². The first kappa shape index (κ1) is 14.2. The maximum Gasteiger partial charge on any atom is 0.316 e. The molecule has 0 atom stereocenters. The van der Waals surface area contributed by atoms with Crippen molar-refractivity contribution in [2.45, 2.75) is 26.2 Å². The molecule has 5 nitrogen and oxygen atoms in total. The number of carbonyl (C=O) groups is 1. The number of ether oxygens (including phenoxy) is 2. The number of urea groups is 1. The molecular weight excluding hydrogens is 196 g/mol. The van der Waals surface area contributed by atoms with Crippen molar-refractivity contribution in [3.05, 3.63) is 0 Å². The van der Waals surface area contributed by atoms with Crippen molar-refractivity contribution in [3.8, 4) is 0 Å². The number of unbranched alkanes of at least 4 members (excludes halogenated alkanes) is 2. The largest absolute Gasteiger partial charge is 0.382 e. The zero-order chi connectivity index (χ0) is 11.4. The maximum atomic E-state index is 11.1. The predicted molar refractivity (Wildman–Crippen MR) is 58.8 cm³/mol. The first-order valence-corrected chi connectivity index (χ1v) is 5.39. The molecule has 0 unspecified atom stereocenters. The summed E-state index contributed by atoms with van der Waals surface area (Å²) in [6, 6.07) is -0.177. The van der Waals surface area contributed by atoms with Crippen molar-refractivity contribution < 1.29 is 14.3 Å². The second kappa shape index (κ2) is 11.3. The van der Waals surface area contributed by atoms with Crippen molar-refractivity contribution in [3.63, 3.8) is 0 Å². The van der Waals surface area contributed by atoms with E-state index in [1.54, 1.807) is 7.11 Å². The topological polar surface area (TPSA) is 59.6 Å². The van der Waals surface area contributed by atoms with E-state index in [0.717, 1.165) is 25.8 Å². The second-order valence-corrected chi connectivity index (χ2v) is 3.19. The van der Waals surface area contributed by atoms with Gasteiger partial charge in [0, 0.05) is 13.7 Å². The Bertz CT molecular complexity index is 154. The molecule has 0 spiro atoms. The van der Waals surface area contributed by atoms with E-state index in [-0.39, 0.29) is 12.8 Å². The molecular formula is C10H22N2O3. The Morgan fingerprint density at radius 2 is 2.00 bits per heavy atom. The molecule has 0 fully saturated rings. The molecule has 2 amide bonds. The predicted octanol–water partition coefficient (Wildman–Crippen LogP) is 1.10. The minimum Gasteiger partial charge on any atom is -0.382 e. The Morgan fingerprint density at radius 3 is 2.67 bits per heavy atom. The number of rotatable bonds is 9. The smallest absolute Gasteiger partial charge is 0.316 e. The van der Waals surface area contributed by atoms with Crippen LogP contribution in [0, 0.1) is 0 Å². The van der Waals surface area contributed by atoms with E-state index >= 15 is 0 Å². The number of hydrogen-bond donors (Lipinski definition) is 2. The van der Waals surface area contributed by atoms with Crippen LogP contribution in [0.5, 0.6) is 0 Å². The van der Waals surface area contributed by atoms with E-state index in [1.807, 2.05) is 0 Å². The van der Waals surface area contributed by atoms with Crippen LogP contribution in [0.25, 0.3) is 0 Å². The number of amides is 2. The molecule has 90 valence electrons. The van der Waals surface area contributed by atoms with E-state index in [4.69, 9.17) is 9.47 Å². The Balaban J connectivity index is 3.11. The van der Waals surface area contributed by atoms with Gasteiger partial charge in [-0.25, -0.2) is 4.79 Å². The summed E-state index contributed by atoms with van der Waals surface area (Å²) in [5.74, 6) is 0. The molecule has 0 aliphatic heterocycles. The van der Waals surface area contributed by atoms with Crippen LogP contribution in [0.15, 0.2) is 0 Å². The fraction of sp³-hybridized carbons (Fsp3) is 0.900. The van der Waals surface area contributed by atoms with E-state index < -0.39 is 0 Å². The van der Waals surface area contributed by atoms with Gasteiger partial charge in [0.25, 0.3) is 0 Å². The lowest BCUT2D eigenvalue weighted by Gasteiger charge is -2.07. The van der Waals surface area contributed by atoms with E-state index in [1.165, 1.54) is 0 Å². The van der Waals surface area contributed by atoms with Crippen LogP contribution in [0.3, 0.4) is 0 Å². The molecule has 0 aliphatic rings. The van der Waals surface area contributed by atoms with Gasteiger partial charge in [-0.3, -0.25) is 0 Å². The van der Waals surface area contributed by atoms with Crippen molar-refractivity contribution in [1.82, 2.24) is 10.6 Å². The standard InChI is InChI=1S/C10H22N2O3/c1-3-4-5-6-11-10(13)12-9-15-8-7-14-2/h3-9H2,1-2H3,(H2,11,12,13). The molecule has 0 aromatic rings. The van der Waals surface area contributed by atoms with Gasteiger partial charge in [0.15, 0.2) is 0 Å². The maximum absolute atomic E-state index is 11.1. The molecule has 0 aromatic carbocycles. The van der Waals surface area contributed by atoms with Crippen LogP contribution < -0.4 is 10.6 Å². The van der Waals surface area contributed by atoms with Crippen LogP contribution in [0.2, 0.25) is 0 Å². The fourth-order valence-electron chi connectivity index (χ4n) is 0.970. The molecule has 0 radical (unpaired) electrons. The molecule has 0 aliphatic carbocycles. The fourth-order valence-corrected chi connectivity index (χ4v) is 0.970. The minimum atomic E-state index is -0.177. The molecule has 5 heteroatoms. The summed E-state index contributed by atoms with van der Waals surface area (Å²) in [5, 5.41) is 5.34. The quantitative estimate of drug-likeness (QED) is 0.450. The number of hydrogen-bond acceptors (Lipinski definition) is 3. The molecule has 0 saturated carbocycles. The number of methoxy groups -OCH3 is 1. The van der Waals surface area contributed by atoms with Gasteiger partial charge >= 0.3 is 6.03 Å². The van der Waals surface area contributed by atoms with Crippen LogP contribution in [0.4, 0.5) is 4.79 Å². The third-order valence-electron chi connectivity index (χ3n) is 1.83. The average Bonchev–Trinajstić information content (AvgIpc) is 2.24. The molecule has 0 aromatic heterocycles. The molecule has 2 N–H and O–H groups in total. The summed E-state index contributed by atoms with van der Waals surface area (Å²) in [6.45, 7) is 4.11. The molecule has 15 heavy (non-hydrogen) atoms. The van der Waals surface area contributed by atoms with Gasteiger partial charge in [-0.15, -0.1) is 0 Å². The Morgan fingerprint density at radius 1 is 1.20 bits per heavy atom. The summed E-state index contributed by atoms with van der Waals surface area (Å²) in [6.07, 6.45) is 3.32. The van der Waals surface area contributed by atoms with Crippen molar-refractivity contribution in [2.24, 2.45) is 0 Å². The lowest BCUT2D eigenvalue weighted by molar-refractivity contribution is 0.0642. The first-order chi connectivity index (χ1) is 7.31. The highest BCUT2D eigenvalue weighted by Crippen LogP contribution is 1.90. The second-order valence-electron chi connectivity index (χ2n) is 3.19. The summed E-state index contributed by atoms with van der Waals surface area (Å²) >= 11 is 0. The van der Waals surface area contributed by atoms with Gasteiger partial charge in [-0.1, -0.05) is 19.8 Å². The normalized spacial score (nSPS) is 10.0. The van der Waals surface area contributed by atoms with Crippen molar-refractivity contribution >= 4 is 6.03 Å². The number of nitrogens with one attached hydrogen (secondary N) is 2. The van der Waals surface area contributed by atoms with Crippen molar-refractivity contribution in [1.29, 1.82) is 0 Å². The van der Waals surface area contributed by atoms with Crippen LogP contribution in [-0.4, -0.2) is 39.6 Å². The zero-order valence-electron chi connectivity index (χ0n) is 9.67. The lowest BCUT2D eigenvalue weighted by Crippen LogP contribution is -2.37. The molecule has 0 bridgehead atoms. The summed E-state index contributed by atoms with van der Waals surface area (Å²) < 4.78 is 9.86. The third kappa shape index (κ3) is 11.1. The van der Waals surface area contributed by atoms with Crippen LogP contribution in [-0.2, 0) is 9.47 Å². The monoisotopic (exact) mass is 218 g/mol. The lowest BCUT2D eigenvalue weighted by atomic mass is 10.2. The Kier molecular flexibility index (Phi) is 10.7. The molecule has 0 rings (SSSR count). The summed E-state index contributed by atoms with van der Waals surface area (Å²) in [5.41, 5.74) is 0. The van der Waals surface area contributed by atoms with Crippen LogP contribution >= 0.6 is 0 Å². The SMILES string of the molecule is CCCCCNC(=O)NCOCCOC. The average molecular weight is 218 g/mol. The Hall–Kier alpha value is -0.810. The van der Waals surface area contributed by atoms with Gasteiger partial charge in [0.05, 0.1) is 13.2 Å². The van der Waals surface area contributed by atoms with Gasteiger partial charge < -0.3 is 20.1 Å². The summed E-state index contributed by atoms with van der Waals surface area (Å²) in [4.78, 5) is 11.1. The van der Waals surface area contributed by atoms with Gasteiger partial charge in [0.2, 0.25) is 0 Å². The van der Waals surface area contributed by atoms with E-state index in [2.05, 4.69) is 17.6 Å². The van der Waals surface area contributed by atoms with E-state index in [0.29, 0.717) is 13.2 Å². The highest BCUT2D eigenvalue weighted by atomic mass is 16.5. The molecule has 0 heterocycles. The Labute approximate surface area is 91.5 Å². The first-order valence-electron chi connectivity index (χ1n) is 5.39. The van der Waals surface area contributed by atoms with Gasteiger partial charge in [-0.2, -0.15) is 0 Å². The molecule has 0 saturated heterocycles. The highest BCUT2D eigenvalue weighted by molar-refractivity contribution is 5.73. The van der Waals surface area contributed by atoms with Gasteiger partial charge in [0.1, 0.15) is 6.73 Å². The zero-order valence-corrected chi connectivity index (χ0v) is 9.67. The van der Waals surface area contributed by atoms with Gasteiger partial charge in [-0.05, 0) is 6.42 Å². The number of carbonyl (C=O) groups excluding carboxylic acids is 1.